The highest BCUT2D eigenvalue weighted by Crippen LogP contribution is 1.91. The smallest absolute Gasteiger partial charge is 0.140 e. The van der Waals surface area contributed by atoms with Crippen molar-refractivity contribution in [2.24, 2.45) is 10.9 Å². The van der Waals surface area contributed by atoms with E-state index < -0.39 is 0 Å². The van der Waals surface area contributed by atoms with Crippen LogP contribution in [0.5, 0.6) is 0 Å². The minimum atomic E-state index is -0.357. The van der Waals surface area contributed by atoms with Crippen molar-refractivity contribution in [2.45, 2.75) is 13.3 Å². The zero-order chi connectivity index (χ0) is 9.40. The molecule has 4 nitrogen and oxygen atoms in total. The van der Waals surface area contributed by atoms with Gasteiger partial charge in [0.15, 0.2) is 0 Å². The van der Waals surface area contributed by atoms with Crippen LogP contribution in [-0.4, -0.2) is 42.3 Å². The third kappa shape index (κ3) is 4.90. The lowest BCUT2D eigenvalue weighted by atomic mass is 10.3. The van der Waals surface area contributed by atoms with E-state index in [1.54, 1.807) is 0 Å². The summed E-state index contributed by atoms with van der Waals surface area (Å²) in [5, 5.41) is 11.0. The molecule has 0 bridgehead atoms. The van der Waals surface area contributed by atoms with E-state index in [2.05, 4.69) is 5.16 Å². The van der Waals surface area contributed by atoms with Crippen LogP contribution in [0.15, 0.2) is 5.16 Å². The maximum absolute atomic E-state index is 11.9. The van der Waals surface area contributed by atoms with Crippen molar-refractivity contribution < 1.29 is 9.60 Å². The van der Waals surface area contributed by atoms with Crippen LogP contribution in [0.4, 0.5) is 4.39 Å². The first-order valence-corrected chi connectivity index (χ1v) is 3.99. The fourth-order valence-electron chi connectivity index (χ4n) is 0.870. The number of alkyl halides is 1. The molecule has 0 aliphatic heterocycles. The molecule has 0 aromatic heterocycles. The zero-order valence-electron chi connectivity index (χ0n) is 7.33. The molecule has 0 fully saturated rings. The lowest BCUT2D eigenvalue weighted by Crippen LogP contribution is -2.29. The minimum absolute atomic E-state index is 0.187. The first-order chi connectivity index (χ1) is 5.74. The van der Waals surface area contributed by atoms with Gasteiger partial charge in [-0.05, 0) is 6.54 Å². The number of hydrogen-bond acceptors (Lipinski definition) is 3. The summed E-state index contributed by atoms with van der Waals surface area (Å²) < 4.78 is 11.9. The molecule has 0 aromatic carbocycles. The second-order valence-electron chi connectivity index (χ2n) is 2.46. The summed E-state index contributed by atoms with van der Waals surface area (Å²) in [4.78, 5) is 1.90. The van der Waals surface area contributed by atoms with Gasteiger partial charge in [0.25, 0.3) is 0 Å². The molecule has 0 radical (unpaired) electrons. The standard InChI is InChI=1S/C7H16FN3O/c1-2-11(6-4-8)5-3-7(9)10-12/h12H,2-6H2,1H3,(H2,9,10). The summed E-state index contributed by atoms with van der Waals surface area (Å²) in [6, 6.07) is 0. The molecule has 0 amide bonds. The number of rotatable bonds is 6. The van der Waals surface area contributed by atoms with E-state index in [1.165, 1.54) is 0 Å². The summed E-state index contributed by atoms with van der Waals surface area (Å²) >= 11 is 0. The molecular formula is C7H16FN3O. The Hall–Kier alpha value is -0.840. The highest BCUT2D eigenvalue weighted by Gasteiger charge is 2.02. The molecule has 0 aliphatic rings. The Bertz CT molecular complexity index is 141. The summed E-state index contributed by atoms with van der Waals surface area (Å²) in [5.41, 5.74) is 5.25. The SMILES string of the molecule is CCN(CCF)CCC(N)=NO. The molecule has 0 saturated carbocycles. The number of nitrogens with two attached hydrogens (primary N) is 1. The van der Waals surface area contributed by atoms with Gasteiger partial charge >= 0.3 is 0 Å². The Morgan fingerprint density at radius 3 is 2.67 bits per heavy atom. The molecule has 0 atom stereocenters. The van der Waals surface area contributed by atoms with E-state index in [-0.39, 0.29) is 12.5 Å². The molecule has 0 heterocycles. The van der Waals surface area contributed by atoms with Crippen molar-refractivity contribution >= 4 is 5.84 Å². The lowest BCUT2D eigenvalue weighted by molar-refractivity contribution is 0.263. The van der Waals surface area contributed by atoms with Crippen LogP contribution < -0.4 is 5.73 Å². The summed E-state index contributed by atoms with van der Waals surface area (Å²) in [5.74, 6) is 0.187. The third-order valence-corrected chi connectivity index (χ3v) is 1.66. The molecule has 0 spiro atoms. The number of amidine groups is 1. The van der Waals surface area contributed by atoms with Gasteiger partial charge in [0.1, 0.15) is 12.5 Å². The van der Waals surface area contributed by atoms with Gasteiger partial charge in [-0.2, -0.15) is 0 Å². The van der Waals surface area contributed by atoms with Crippen LogP contribution in [-0.2, 0) is 0 Å². The molecular weight excluding hydrogens is 161 g/mol. The average Bonchev–Trinajstić information content (AvgIpc) is 2.11. The first-order valence-electron chi connectivity index (χ1n) is 3.99. The monoisotopic (exact) mass is 177 g/mol. The predicted molar refractivity (Wildman–Crippen MR) is 46.1 cm³/mol. The number of hydrogen-bond donors (Lipinski definition) is 2. The van der Waals surface area contributed by atoms with Gasteiger partial charge in [-0.3, -0.25) is 0 Å². The molecule has 0 saturated heterocycles. The van der Waals surface area contributed by atoms with Gasteiger partial charge in [-0.15, -0.1) is 0 Å². The summed E-state index contributed by atoms with van der Waals surface area (Å²) in [6.45, 7) is 3.42. The Morgan fingerprint density at radius 2 is 2.25 bits per heavy atom. The van der Waals surface area contributed by atoms with Gasteiger partial charge in [0, 0.05) is 19.5 Å². The van der Waals surface area contributed by atoms with E-state index in [9.17, 15) is 4.39 Å². The molecule has 72 valence electrons. The second kappa shape index (κ2) is 6.84. The molecule has 0 unspecified atom stereocenters. The Balaban J connectivity index is 3.57. The first kappa shape index (κ1) is 11.2. The average molecular weight is 177 g/mol. The van der Waals surface area contributed by atoms with E-state index >= 15 is 0 Å². The van der Waals surface area contributed by atoms with Gasteiger partial charge < -0.3 is 15.8 Å². The van der Waals surface area contributed by atoms with Crippen molar-refractivity contribution in [3.05, 3.63) is 0 Å². The highest BCUT2D eigenvalue weighted by atomic mass is 19.1. The molecule has 12 heavy (non-hydrogen) atoms. The molecule has 0 aliphatic carbocycles. The van der Waals surface area contributed by atoms with Gasteiger partial charge in [0.05, 0.1) is 0 Å². The van der Waals surface area contributed by atoms with Crippen molar-refractivity contribution in [3.63, 3.8) is 0 Å². The second-order valence-corrected chi connectivity index (χ2v) is 2.46. The van der Waals surface area contributed by atoms with Crippen LogP contribution in [0.3, 0.4) is 0 Å². The number of oxime groups is 1. The van der Waals surface area contributed by atoms with Crippen molar-refractivity contribution in [1.29, 1.82) is 0 Å². The summed E-state index contributed by atoms with van der Waals surface area (Å²) in [6.07, 6.45) is 0.477. The topological polar surface area (TPSA) is 61.8 Å². The maximum Gasteiger partial charge on any atom is 0.140 e. The van der Waals surface area contributed by atoms with Gasteiger partial charge in [-0.1, -0.05) is 12.1 Å². The summed E-state index contributed by atoms with van der Waals surface area (Å²) in [7, 11) is 0. The van der Waals surface area contributed by atoms with E-state index in [0.29, 0.717) is 19.5 Å². The molecule has 0 rings (SSSR count). The van der Waals surface area contributed by atoms with Crippen LogP contribution >= 0.6 is 0 Å². The Labute approximate surface area is 71.8 Å². The van der Waals surface area contributed by atoms with Crippen molar-refractivity contribution in [3.8, 4) is 0 Å². The Morgan fingerprint density at radius 1 is 1.58 bits per heavy atom. The Kier molecular flexibility index (Phi) is 6.37. The lowest BCUT2D eigenvalue weighted by Gasteiger charge is -2.17. The van der Waals surface area contributed by atoms with Gasteiger partial charge in [0.2, 0.25) is 0 Å². The highest BCUT2D eigenvalue weighted by molar-refractivity contribution is 5.79. The van der Waals surface area contributed by atoms with Crippen LogP contribution in [0.25, 0.3) is 0 Å². The molecule has 3 N–H and O–H groups in total. The third-order valence-electron chi connectivity index (χ3n) is 1.66. The fourth-order valence-corrected chi connectivity index (χ4v) is 0.870. The van der Waals surface area contributed by atoms with E-state index in [1.807, 2.05) is 11.8 Å². The van der Waals surface area contributed by atoms with E-state index in [4.69, 9.17) is 10.9 Å². The van der Waals surface area contributed by atoms with Crippen molar-refractivity contribution in [2.75, 3.05) is 26.3 Å². The quantitative estimate of drug-likeness (QED) is 0.267. The minimum Gasteiger partial charge on any atom is -0.409 e. The predicted octanol–water partition coefficient (Wildman–Crippen LogP) is 0.414. The normalized spacial score (nSPS) is 12.4. The van der Waals surface area contributed by atoms with E-state index in [0.717, 1.165) is 6.54 Å². The van der Waals surface area contributed by atoms with Gasteiger partial charge in [-0.25, -0.2) is 4.39 Å². The molecule has 5 heteroatoms. The van der Waals surface area contributed by atoms with Crippen LogP contribution in [0.1, 0.15) is 13.3 Å². The number of halogens is 1. The largest absolute Gasteiger partial charge is 0.409 e. The fraction of sp³-hybridized carbons (Fsp3) is 0.857. The van der Waals surface area contributed by atoms with Crippen LogP contribution in [0.2, 0.25) is 0 Å². The maximum atomic E-state index is 11.9. The zero-order valence-corrected chi connectivity index (χ0v) is 7.33. The van der Waals surface area contributed by atoms with Crippen molar-refractivity contribution in [1.82, 2.24) is 4.90 Å². The number of nitrogens with zero attached hydrogens (tertiary/aromatic N) is 2. The van der Waals surface area contributed by atoms with Crippen LogP contribution in [0, 0.1) is 0 Å². The molecule has 0 aromatic rings.